The quantitative estimate of drug-likeness (QED) is 0.415. The van der Waals surface area contributed by atoms with Crippen LogP contribution in [0.15, 0.2) is 40.9 Å². The maximum Gasteiger partial charge on any atom is 0.303 e. The molecule has 0 radical (unpaired) electrons. The summed E-state index contributed by atoms with van der Waals surface area (Å²) in [4.78, 5) is 21.3. The number of fused-ring (bicyclic) bond motifs is 1. The molecule has 2 heterocycles. The molecule has 0 amide bonds. The van der Waals surface area contributed by atoms with E-state index in [1.165, 1.54) is 11.1 Å². The predicted molar refractivity (Wildman–Crippen MR) is 135 cm³/mol. The van der Waals surface area contributed by atoms with Crippen molar-refractivity contribution in [1.29, 1.82) is 0 Å². The SMILES string of the molecule is Cl.[C-]#[N+]c1cc(-c2nc(-c3ccc4c(c3)CCN(CCCC(=O)O)CC4)no2)ccc1OC(C)C. The normalized spacial score (nSPS) is 13.4. The molecular weight excluding hydrogens is 468 g/mol. The molecule has 0 saturated carbocycles. The van der Waals surface area contributed by atoms with E-state index in [0.29, 0.717) is 35.1 Å². The molecular formula is C26H29ClN4O4. The number of carboxylic acids is 1. The van der Waals surface area contributed by atoms with Crippen molar-refractivity contribution in [3.8, 4) is 28.6 Å². The largest absolute Gasteiger partial charge is 0.502 e. The Morgan fingerprint density at radius 3 is 2.63 bits per heavy atom. The maximum atomic E-state index is 10.8. The van der Waals surface area contributed by atoms with Gasteiger partial charge in [-0.2, -0.15) is 4.98 Å². The molecule has 0 spiro atoms. The molecule has 3 aromatic rings. The lowest BCUT2D eigenvalue weighted by molar-refractivity contribution is -0.137. The number of nitrogens with zero attached hydrogens (tertiary/aromatic N) is 4. The first kappa shape index (κ1) is 26.2. The second-order valence-corrected chi connectivity index (χ2v) is 8.71. The molecule has 0 bridgehead atoms. The van der Waals surface area contributed by atoms with Gasteiger partial charge in [-0.1, -0.05) is 17.3 Å². The number of hydrogen-bond acceptors (Lipinski definition) is 6. The van der Waals surface area contributed by atoms with Crippen LogP contribution < -0.4 is 4.74 Å². The lowest BCUT2D eigenvalue weighted by Crippen LogP contribution is -2.27. The van der Waals surface area contributed by atoms with Gasteiger partial charge in [0.1, 0.15) is 5.75 Å². The number of aromatic nitrogens is 2. The molecule has 1 aliphatic heterocycles. The Hall–Kier alpha value is -3.41. The molecule has 0 unspecified atom stereocenters. The number of rotatable bonds is 8. The van der Waals surface area contributed by atoms with Crippen LogP contribution in [0.1, 0.15) is 37.8 Å². The summed E-state index contributed by atoms with van der Waals surface area (Å²) in [5, 5.41) is 13.0. The highest BCUT2D eigenvalue weighted by molar-refractivity contribution is 5.85. The van der Waals surface area contributed by atoms with Gasteiger partial charge in [-0.25, -0.2) is 4.85 Å². The Morgan fingerprint density at radius 1 is 1.17 bits per heavy atom. The third-order valence-electron chi connectivity index (χ3n) is 5.84. The second-order valence-electron chi connectivity index (χ2n) is 8.71. The molecule has 0 atom stereocenters. The van der Waals surface area contributed by atoms with Crippen molar-refractivity contribution in [3.05, 3.63) is 58.9 Å². The second kappa shape index (κ2) is 11.8. The minimum Gasteiger partial charge on any atom is -0.502 e. The van der Waals surface area contributed by atoms with E-state index < -0.39 is 5.97 Å². The number of ether oxygens (including phenoxy) is 1. The molecule has 1 aliphatic rings. The average molecular weight is 497 g/mol. The van der Waals surface area contributed by atoms with E-state index in [4.69, 9.17) is 20.9 Å². The van der Waals surface area contributed by atoms with Gasteiger partial charge in [0, 0.05) is 30.6 Å². The fraction of sp³-hybridized carbons (Fsp3) is 0.385. The highest BCUT2D eigenvalue weighted by Crippen LogP contribution is 2.34. The minimum atomic E-state index is -0.743. The van der Waals surface area contributed by atoms with E-state index in [1.807, 2.05) is 26.0 Å². The van der Waals surface area contributed by atoms with Gasteiger partial charge in [0.2, 0.25) is 11.5 Å². The molecule has 35 heavy (non-hydrogen) atoms. The summed E-state index contributed by atoms with van der Waals surface area (Å²) in [7, 11) is 0. The number of halogens is 1. The van der Waals surface area contributed by atoms with Crippen LogP contribution >= 0.6 is 12.4 Å². The summed E-state index contributed by atoms with van der Waals surface area (Å²) < 4.78 is 11.2. The van der Waals surface area contributed by atoms with Gasteiger partial charge in [0.05, 0.1) is 12.7 Å². The van der Waals surface area contributed by atoms with E-state index >= 15 is 0 Å². The van der Waals surface area contributed by atoms with Crippen molar-refractivity contribution in [2.24, 2.45) is 0 Å². The smallest absolute Gasteiger partial charge is 0.303 e. The lowest BCUT2D eigenvalue weighted by atomic mass is 10.00. The van der Waals surface area contributed by atoms with Crippen LogP contribution in [0.2, 0.25) is 0 Å². The van der Waals surface area contributed by atoms with E-state index in [-0.39, 0.29) is 24.9 Å². The monoisotopic (exact) mass is 496 g/mol. The highest BCUT2D eigenvalue weighted by atomic mass is 35.5. The van der Waals surface area contributed by atoms with Gasteiger partial charge in [-0.3, -0.25) is 4.79 Å². The van der Waals surface area contributed by atoms with Gasteiger partial charge in [0.15, 0.2) is 0 Å². The minimum absolute atomic E-state index is 0. The van der Waals surface area contributed by atoms with Crippen LogP contribution in [0.4, 0.5) is 5.69 Å². The van der Waals surface area contributed by atoms with Gasteiger partial charge in [-0.15, -0.1) is 12.4 Å². The van der Waals surface area contributed by atoms with E-state index in [0.717, 1.165) is 38.0 Å². The average Bonchev–Trinajstić information content (AvgIpc) is 3.22. The van der Waals surface area contributed by atoms with Crippen molar-refractivity contribution in [2.45, 2.75) is 45.6 Å². The van der Waals surface area contributed by atoms with Crippen LogP contribution in [0.3, 0.4) is 0 Å². The molecule has 2 aromatic carbocycles. The number of carboxylic acid groups (broad SMARTS) is 1. The lowest BCUT2D eigenvalue weighted by Gasteiger charge is -2.18. The van der Waals surface area contributed by atoms with Crippen molar-refractivity contribution < 1.29 is 19.2 Å². The fourth-order valence-electron chi connectivity index (χ4n) is 4.14. The number of hydrogen-bond donors (Lipinski definition) is 1. The molecule has 0 saturated heterocycles. The molecule has 1 N–H and O–H groups in total. The van der Waals surface area contributed by atoms with E-state index in [1.54, 1.807) is 12.1 Å². The number of carbonyl (C=O) groups is 1. The third-order valence-corrected chi connectivity index (χ3v) is 5.84. The van der Waals surface area contributed by atoms with Crippen LogP contribution in [-0.2, 0) is 17.6 Å². The number of benzene rings is 2. The van der Waals surface area contributed by atoms with E-state index in [2.05, 4.69) is 32.0 Å². The molecule has 0 aliphatic carbocycles. The Kier molecular flexibility index (Phi) is 8.85. The van der Waals surface area contributed by atoms with Gasteiger partial charge in [-0.05, 0) is 75.0 Å². The van der Waals surface area contributed by atoms with Crippen molar-refractivity contribution in [1.82, 2.24) is 15.0 Å². The molecule has 1 aromatic heterocycles. The zero-order valence-corrected chi connectivity index (χ0v) is 20.7. The van der Waals surface area contributed by atoms with Gasteiger partial charge < -0.3 is 19.3 Å². The summed E-state index contributed by atoms with van der Waals surface area (Å²) in [6, 6.07) is 11.5. The summed E-state index contributed by atoms with van der Waals surface area (Å²) >= 11 is 0. The molecule has 8 nitrogen and oxygen atoms in total. The Morgan fingerprint density at radius 2 is 1.91 bits per heavy atom. The first-order valence-corrected chi connectivity index (χ1v) is 11.5. The molecule has 4 rings (SSSR count). The standard InChI is InChI=1S/C26H28N4O4.ClH/c1-17(2)33-23-9-8-21(16-22(23)27-3)26-28-25(29-34-26)20-7-6-18-10-13-30(12-4-5-24(31)32)14-11-19(18)15-20;/h6-9,15-17H,4-5,10-14H2,1-2H3,(H,31,32);1H. The number of aliphatic carboxylic acids is 1. The van der Waals surface area contributed by atoms with Crippen molar-refractivity contribution in [2.75, 3.05) is 19.6 Å². The summed E-state index contributed by atoms with van der Waals surface area (Å²) in [6.45, 7) is 13.9. The summed E-state index contributed by atoms with van der Waals surface area (Å²) in [5.41, 5.74) is 4.53. The predicted octanol–water partition coefficient (Wildman–Crippen LogP) is 5.43. The molecule has 9 heteroatoms. The van der Waals surface area contributed by atoms with Crippen LogP contribution in [0.25, 0.3) is 27.7 Å². The Balaban J connectivity index is 0.00000342. The third kappa shape index (κ3) is 6.59. The van der Waals surface area contributed by atoms with Crippen molar-refractivity contribution >= 4 is 24.1 Å². The first-order chi connectivity index (χ1) is 16.4. The van der Waals surface area contributed by atoms with Gasteiger partial charge >= 0.3 is 5.97 Å². The van der Waals surface area contributed by atoms with E-state index in [9.17, 15) is 4.79 Å². The summed E-state index contributed by atoms with van der Waals surface area (Å²) in [6.07, 6.45) is 2.68. The van der Waals surface area contributed by atoms with Crippen LogP contribution in [0, 0.1) is 6.57 Å². The topological polar surface area (TPSA) is 93.1 Å². The van der Waals surface area contributed by atoms with Crippen LogP contribution in [0.5, 0.6) is 5.75 Å². The Labute approximate surface area is 211 Å². The van der Waals surface area contributed by atoms with Gasteiger partial charge in [0.25, 0.3) is 5.89 Å². The maximum absolute atomic E-state index is 10.8. The highest BCUT2D eigenvalue weighted by Gasteiger charge is 2.18. The Bertz CT molecular complexity index is 1220. The molecule has 184 valence electrons. The zero-order valence-electron chi connectivity index (χ0n) is 19.9. The summed E-state index contributed by atoms with van der Waals surface area (Å²) in [5.74, 6) is 0.659. The first-order valence-electron chi connectivity index (χ1n) is 11.5. The van der Waals surface area contributed by atoms with Crippen molar-refractivity contribution in [3.63, 3.8) is 0 Å². The zero-order chi connectivity index (χ0) is 24.1. The fourth-order valence-corrected chi connectivity index (χ4v) is 4.14. The molecule has 0 fully saturated rings. The van der Waals surface area contributed by atoms with Crippen LogP contribution in [-0.4, -0.2) is 51.9 Å².